The summed E-state index contributed by atoms with van der Waals surface area (Å²) in [5.74, 6) is -0.981. The number of rotatable bonds is 4. The van der Waals surface area contributed by atoms with Gasteiger partial charge in [0, 0.05) is 19.3 Å². The molecular weight excluding hydrogens is 196 g/mol. The Morgan fingerprint density at radius 2 is 2.60 bits per heavy atom. The van der Waals surface area contributed by atoms with E-state index in [1.807, 2.05) is 0 Å². The Morgan fingerprint density at radius 1 is 1.73 bits per heavy atom. The molecule has 1 aromatic rings. The summed E-state index contributed by atoms with van der Waals surface area (Å²) < 4.78 is 7.28. The Hall–Kier alpha value is -1.36. The lowest BCUT2D eigenvalue weighted by Gasteiger charge is -2.08. The molecule has 0 aliphatic carbocycles. The normalized spacial score (nSPS) is 20.7. The number of carboxylic acid groups (broad SMARTS) is 1. The van der Waals surface area contributed by atoms with Crippen molar-refractivity contribution in [1.82, 2.24) is 9.55 Å². The molecule has 0 radical (unpaired) electrons. The van der Waals surface area contributed by atoms with Crippen molar-refractivity contribution in [2.75, 3.05) is 6.61 Å². The zero-order valence-electron chi connectivity index (χ0n) is 8.43. The van der Waals surface area contributed by atoms with Gasteiger partial charge in [0.25, 0.3) is 0 Å². The van der Waals surface area contributed by atoms with Crippen LogP contribution in [0.5, 0.6) is 0 Å². The molecule has 1 unspecified atom stereocenters. The van der Waals surface area contributed by atoms with Gasteiger partial charge in [0.15, 0.2) is 5.69 Å². The van der Waals surface area contributed by atoms with E-state index in [1.54, 1.807) is 17.1 Å². The number of imidazole rings is 1. The first-order valence-corrected chi connectivity index (χ1v) is 5.12. The van der Waals surface area contributed by atoms with Gasteiger partial charge in [0.2, 0.25) is 0 Å². The molecule has 2 heterocycles. The SMILES string of the molecule is O=C(O)c1cn(CCC2CCCO2)cn1. The third-order valence-corrected chi connectivity index (χ3v) is 2.59. The van der Waals surface area contributed by atoms with E-state index >= 15 is 0 Å². The number of aromatic carboxylic acids is 1. The van der Waals surface area contributed by atoms with E-state index in [0.29, 0.717) is 6.10 Å². The van der Waals surface area contributed by atoms with Crippen molar-refractivity contribution >= 4 is 5.97 Å². The second-order valence-electron chi connectivity index (χ2n) is 3.73. The van der Waals surface area contributed by atoms with Crippen LogP contribution >= 0.6 is 0 Å². The summed E-state index contributed by atoms with van der Waals surface area (Å²) in [6, 6.07) is 0. The van der Waals surface area contributed by atoms with E-state index in [0.717, 1.165) is 32.4 Å². The molecule has 0 amide bonds. The molecule has 5 heteroatoms. The van der Waals surface area contributed by atoms with Gasteiger partial charge in [-0.3, -0.25) is 0 Å². The Labute approximate surface area is 87.7 Å². The van der Waals surface area contributed by atoms with E-state index in [1.165, 1.54) is 0 Å². The van der Waals surface area contributed by atoms with Crippen molar-refractivity contribution in [3.63, 3.8) is 0 Å². The summed E-state index contributed by atoms with van der Waals surface area (Å²) in [5, 5.41) is 8.68. The Bertz CT molecular complexity index is 342. The lowest BCUT2D eigenvalue weighted by molar-refractivity contribution is 0.0691. The summed E-state index contributed by atoms with van der Waals surface area (Å²) in [5.41, 5.74) is 0.0994. The molecule has 1 fully saturated rings. The lowest BCUT2D eigenvalue weighted by Crippen LogP contribution is -2.09. The molecule has 5 nitrogen and oxygen atoms in total. The second kappa shape index (κ2) is 4.44. The number of carboxylic acids is 1. The minimum absolute atomic E-state index is 0.0994. The van der Waals surface area contributed by atoms with Crippen molar-refractivity contribution in [1.29, 1.82) is 0 Å². The van der Waals surface area contributed by atoms with Gasteiger partial charge in [-0.15, -0.1) is 0 Å². The fourth-order valence-electron chi connectivity index (χ4n) is 1.76. The highest BCUT2D eigenvalue weighted by molar-refractivity contribution is 5.84. The van der Waals surface area contributed by atoms with Crippen molar-refractivity contribution in [3.8, 4) is 0 Å². The maximum absolute atomic E-state index is 10.6. The third kappa shape index (κ3) is 2.56. The van der Waals surface area contributed by atoms with Gasteiger partial charge in [-0.25, -0.2) is 9.78 Å². The molecule has 1 N–H and O–H groups in total. The van der Waals surface area contributed by atoms with Crippen LogP contribution in [0, 0.1) is 0 Å². The molecule has 1 aliphatic heterocycles. The number of aromatic nitrogens is 2. The van der Waals surface area contributed by atoms with E-state index in [-0.39, 0.29) is 5.69 Å². The van der Waals surface area contributed by atoms with Gasteiger partial charge in [-0.1, -0.05) is 0 Å². The summed E-state index contributed by atoms with van der Waals surface area (Å²) in [6.07, 6.45) is 6.61. The second-order valence-corrected chi connectivity index (χ2v) is 3.73. The van der Waals surface area contributed by atoms with Crippen molar-refractivity contribution in [3.05, 3.63) is 18.2 Å². The van der Waals surface area contributed by atoms with E-state index in [2.05, 4.69) is 4.98 Å². The van der Waals surface area contributed by atoms with Crippen LogP contribution in [0.15, 0.2) is 12.5 Å². The molecule has 2 rings (SSSR count). The van der Waals surface area contributed by atoms with Crippen LogP contribution in [0.25, 0.3) is 0 Å². The average molecular weight is 210 g/mol. The first-order chi connectivity index (χ1) is 7.25. The molecule has 1 saturated heterocycles. The fourth-order valence-corrected chi connectivity index (χ4v) is 1.76. The number of hydrogen-bond donors (Lipinski definition) is 1. The summed E-state index contributed by atoms with van der Waals surface area (Å²) in [4.78, 5) is 14.4. The maximum Gasteiger partial charge on any atom is 0.356 e. The smallest absolute Gasteiger partial charge is 0.356 e. The monoisotopic (exact) mass is 210 g/mol. The standard InChI is InChI=1S/C10H14N2O3/c13-10(14)9-6-12(7-11-9)4-3-8-2-1-5-15-8/h6-8H,1-5H2,(H,13,14). The molecule has 0 spiro atoms. The quantitative estimate of drug-likeness (QED) is 0.809. The van der Waals surface area contributed by atoms with E-state index in [9.17, 15) is 4.79 Å². The Kier molecular flexibility index (Phi) is 3.01. The van der Waals surface area contributed by atoms with Crippen LogP contribution in [-0.4, -0.2) is 33.3 Å². The summed E-state index contributed by atoms with van der Waals surface area (Å²) in [6.45, 7) is 1.62. The molecule has 0 bridgehead atoms. The van der Waals surface area contributed by atoms with Crippen LogP contribution in [-0.2, 0) is 11.3 Å². The molecule has 1 aliphatic rings. The predicted molar refractivity (Wildman–Crippen MR) is 52.8 cm³/mol. The van der Waals surface area contributed by atoms with Gasteiger partial charge >= 0.3 is 5.97 Å². The largest absolute Gasteiger partial charge is 0.476 e. The number of carbonyl (C=O) groups is 1. The number of ether oxygens (including phenoxy) is 1. The molecule has 1 aromatic heterocycles. The van der Waals surface area contributed by atoms with Crippen LogP contribution in [0.4, 0.5) is 0 Å². The highest BCUT2D eigenvalue weighted by atomic mass is 16.5. The van der Waals surface area contributed by atoms with Crippen molar-refractivity contribution in [2.45, 2.75) is 31.9 Å². The first kappa shape index (κ1) is 10.2. The third-order valence-electron chi connectivity index (χ3n) is 2.59. The number of nitrogens with zero attached hydrogens (tertiary/aromatic N) is 2. The van der Waals surface area contributed by atoms with Crippen LogP contribution in [0.3, 0.4) is 0 Å². The Balaban J connectivity index is 1.84. The maximum atomic E-state index is 10.6. The van der Waals surface area contributed by atoms with E-state index < -0.39 is 5.97 Å². The van der Waals surface area contributed by atoms with Crippen LogP contribution in [0.1, 0.15) is 29.8 Å². The molecule has 15 heavy (non-hydrogen) atoms. The molecule has 0 aromatic carbocycles. The average Bonchev–Trinajstić information content (AvgIpc) is 2.86. The topological polar surface area (TPSA) is 64.3 Å². The highest BCUT2D eigenvalue weighted by Crippen LogP contribution is 2.15. The summed E-state index contributed by atoms with van der Waals surface area (Å²) >= 11 is 0. The fraction of sp³-hybridized carbons (Fsp3) is 0.600. The predicted octanol–water partition coefficient (Wildman–Crippen LogP) is 1.15. The Morgan fingerprint density at radius 3 is 3.20 bits per heavy atom. The van der Waals surface area contributed by atoms with E-state index in [4.69, 9.17) is 9.84 Å². The highest BCUT2D eigenvalue weighted by Gasteiger charge is 2.15. The minimum Gasteiger partial charge on any atom is -0.476 e. The summed E-state index contributed by atoms with van der Waals surface area (Å²) in [7, 11) is 0. The first-order valence-electron chi connectivity index (χ1n) is 5.12. The minimum atomic E-state index is -0.981. The van der Waals surface area contributed by atoms with Gasteiger partial charge in [0.05, 0.1) is 12.4 Å². The van der Waals surface area contributed by atoms with Gasteiger partial charge in [-0.05, 0) is 19.3 Å². The zero-order chi connectivity index (χ0) is 10.7. The van der Waals surface area contributed by atoms with Gasteiger partial charge < -0.3 is 14.4 Å². The van der Waals surface area contributed by atoms with Crippen molar-refractivity contribution in [2.24, 2.45) is 0 Å². The molecular formula is C10H14N2O3. The van der Waals surface area contributed by atoms with Crippen LogP contribution < -0.4 is 0 Å². The number of hydrogen-bond acceptors (Lipinski definition) is 3. The van der Waals surface area contributed by atoms with Gasteiger partial charge in [-0.2, -0.15) is 0 Å². The molecule has 1 atom stereocenters. The molecule has 82 valence electrons. The molecule has 0 saturated carbocycles. The van der Waals surface area contributed by atoms with Gasteiger partial charge in [0.1, 0.15) is 0 Å². The van der Waals surface area contributed by atoms with Crippen molar-refractivity contribution < 1.29 is 14.6 Å². The van der Waals surface area contributed by atoms with Crippen LogP contribution in [0.2, 0.25) is 0 Å². The lowest BCUT2D eigenvalue weighted by atomic mass is 10.2. The number of aryl methyl sites for hydroxylation is 1. The zero-order valence-corrected chi connectivity index (χ0v) is 8.43.